The summed E-state index contributed by atoms with van der Waals surface area (Å²) in [6, 6.07) is 0. The first kappa shape index (κ1) is 10.2. The highest BCUT2D eigenvalue weighted by molar-refractivity contribution is 5.31. The number of rotatable bonds is 2. The Kier molecular flexibility index (Phi) is 2.67. The third-order valence-corrected chi connectivity index (χ3v) is 3.56. The van der Waals surface area contributed by atoms with Crippen molar-refractivity contribution in [2.24, 2.45) is 5.41 Å². The summed E-state index contributed by atoms with van der Waals surface area (Å²) >= 11 is 0. The molecule has 2 aliphatic rings. The Morgan fingerprint density at radius 3 is 3.00 bits per heavy atom. The van der Waals surface area contributed by atoms with E-state index in [0.717, 1.165) is 13.0 Å². The molecule has 0 bridgehead atoms. The van der Waals surface area contributed by atoms with Gasteiger partial charge in [0.05, 0.1) is 12.7 Å². The van der Waals surface area contributed by atoms with Crippen molar-refractivity contribution in [2.75, 3.05) is 13.2 Å². The molecule has 2 rings (SSSR count). The summed E-state index contributed by atoms with van der Waals surface area (Å²) in [5.41, 5.74) is 3.31. The fraction of sp³-hybridized carbons (Fsp3) is 0.833. The summed E-state index contributed by atoms with van der Waals surface area (Å²) in [6.45, 7) is 5.65. The van der Waals surface area contributed by atoms with Gasteiger partial charge < -0.3 is 9.84 Å². The number of ether oxygens (including phenoxy) is 1. The van der Waals surface area contributed by atoms with Crippen molar-refractivity contribution in [3.63, 3.8) is 0 Å². The van der Waals surface area contributed by atoms with E-state index in [4.69, 9.17) is 9.84 Å². The smallest absolute Gasteiger partial charge is 0.0819 e. The van der Waals surface area contributed by atoms with Crippen LogP contribution in [-0.2, 0) is 4.74 Å². The second-order valence-corrected chi connectivity index (χ2v) is 5.07. The second-order valence-electron chi connectivity index (χ2n) is 5.07. The van der Waals surface area contributed by atoms with Gasteiger partial charge in [-0.3, -0.25) is 0 Å². The van der Waals surface area contributed by atoms with E-state index in [9.17, 15) is 0 Å². The summed E-state index contributed by atoms with van der Waals surface area (Å²) in [5, 5.41) is 8.98. The minimum absolute atomic E-state index is 0.199. The van der Waals surface area contributed by atoms with Gasteiger partial charge in [0.2, 0.25) is 0 Å². The molecule has 0 radical (unpaired) electrons. The first-order valence-corrected chi connectivity index (χ1v) is 5.60. The molecule has 1 unspecified atom stereocenters. The average molecular weight is 196 g/mol. The predicted octanol–water partition coefficient (Wildman–Crippen LogP) is 2.27. The van der Waals surface area contributed by atoms with Gasteiger partial charge >= 0.3 is 0 Å². The number of hydrogen-bond acceptors (Lipinski definition) is 2. The van der Waals surface area contributed by atoms with Crippen molar-refractivity contribution in [3.05, 3.63) is 11.1 Å². The Hall–Kier alpha value is -0.340. The van der Waals surface area contributed by atoms with Crippen LogP contribution in [0.3, 0.4) is 0 Å². The Labute approximate surface area is 86.0 Å². The highest BCUT2D eigenvalue weighted by atomic mass is 16.5. The van der Waals surface area contributed by atoms with Crippen LogP contribution < -0.4 is 0 Å². The van der Waals surface area contributed by atoms with Crippen LogP contribution in [0.15, 0.2) is 11.1 Å². The highest BCUT2D eigenvalue weighted by Gasteiger charge is 2.38. The Balaban J connectivity index is 2.24. The quantitative estimate of drug-likeness (QED) is 0.686. The molecule has 0 saturated carbocycles. The molecule has 80 valence electrons. The van der Waals surface area contributed by atoms with E-state index >= 15 is 0 Å². The molecule has 0 amide bonds. The molecule has 0 aromatic carbocycles. The molecule has 0 fully saturated rings. The molecular formula is C12H20O2. The standard InChI is InChI=1S/C12H20O2/c1-12(2)6-3-4-9-8-14-10(5-7-13)11(9)12/h10,13H,3-8H2,1-2H3. The molecule has 0 aromatic heterocycles. The second kappa shape index (κ2) is 3.67. The van der Waals surface area contributed by atoms with E-state index in [1.54, 1.807) is 0 Å². The van der Waals surface area contributed by atoms with Crippen LogP contribution in [-0.4, -0.2) is 24.4 Å². The zero-order valence-electron chi connectivity index (χ0n) is 9.18. The highest BCUT2D eigenvalue weighted by Crippen LogP contribution is 2.46. The van der Waals surface area contributed by atoms with E-state index in [0.29, 0.717) is 5.41 Å². The Morgan fingerprint density at radius 1 is 1.50 bits per heavy atom. The van der Waals surface area contributed by atoms with Crippen LogP contribution >= 0.6 is 0 Å². The van der Waals surface area contributed by atoms with Crippen LogP contribution in [0, 0.1) is 5.41 Å². The number of hydrogen-bond donors (Lipinski definition) is 1. The third kappa shape index (κ3) is 1.61. The Morgan fingerprint density at radius 2 is 2.29 bits per heavy atom. The van der Waals surface area contributed by atoms with Crippen LogP contribution in [0.5, 0.6) is 0 Å². The lowest BCUT2D eigenvalue weighted by molar-refractivity contribution is 0.0854. The lowest BCUT2D eigenvalue weighted by atomic mass is 9.71. The zero-order chi connectivity index (χ0) is 10.2. The van der Waals surface area contributed by atoms with E-state index < -0.39 is 0 Å². The Bertz CT molecular complexity index is 253. The van der Waals surface area contributed by atoms with Crippen LogP contribution in [0.4, 0.5) is 0 Å². The molecule has 0 aromatic rings. The average Bonchev–Trinajstić information content (AvgIpc) is 2.50. The third-order valence-electron chi connectivity index (χ3n) is 3.56. The van der Waals surface area contributed by atoms with Gasteiger partial charge in [-0.1, -0.05) is 13.8 Å². The van der Waals surface area contributed by atoms with Gasteiger partial charge in [0.25, 0.3) is 0 Å². The number of aliphatic hydroxyl groups excluding tert-OH is 1. The summed E-state index contributed by atoms with van der Waals surface area (Å²) in [4.78, 5) is 0. The molecule has 0 spiro atoms. The van der Waals surface area contributed by atoms with Gasteiger partial charge in [-0.25, -0.2) is 0 Å². The molecule has 1 aliphatic heterocycles. The zero-order valence-corrected chi connectivity index (χ0v) is 9.18. The molecule has 2 heteroatoms. The fourth-order valence-electron chi connectivity index (χ4n) is 2.93. The minimum Gasteiger partial charge on any atom is -0.396 e. The molecular weight excluding hydrogens is 176 g/mol. The van der Waals surface area contributed by atoms with Gasteiger partial charge in [-0.05, 0) is 35.8 Å². The molecule has 1 N–H and O–H groups in total. The maximum absolute atomic E-state index is 8.98. The van der Waals surface area contributed by atoms with Gasteiger partial charge in [-0.15, -0.1) is 0 Å². The molecule has 1 aliphatic carbocycles. The summed E-state index contributed by atoms with van der Waals surface area (Å²) in [7, 11) is 0. The van der Waals surface area contributed by atoms with E-state index in [2.05, 4.69) is 13.8 Å². The van der Waals surface area contributed by atoms with Crippen molar-refractivity contribution in [1.29, 1.82) is 0 Å². The van der Waals surface area contributed by atoms with E-state index in [1.807, 2.05) is 0 Å². The molecule has 2 nitrogen and oxygen atoms in total. The largest absolute Gasteiger partial charge is 0.396 e. The molecule has 1 heterocycles. The maximum Gasteiger partial charge on any atom is 0.0819 e. The summed E-state index contributed by atoms with van der Waals surface area (Å²) < 4.78 is 5.74. The summed E-state index contributed by atoms with van der Waals surface area (Å²) in [6.07, 6.45) is 4.73. The van der Waals surface area contributed by atoms with Gasteiger partial charge in [0, 0.05) is 13.0 Å². The molecule has 14 heavy (non-hydrogen) atoms. The fourth-order valence-corrected chi connectivity index (χ4v) is 2.93. The van der Waals surface area contributed by atoms with Gasteiger partial charge in [0.1, 0.15) is 0 Å². The van der Waals surface area contributed by atoms with E-state index in [-0.39, 0.29) is 12.7 Å². The van der Waals surface area contributed by atoms with Crippen molar-refractivity contribution in [2.45, 2.75) is 45.6 Å². The number of aliphatic hydroxyl groups is 1. The van der Waals surface area contributed by atoms with Crippen molar-refractivity contribution in [1.82, 2.24) is 0 Å². The van der Waals surface area contributed by atoms with Crippen molar-refractivity contribution < 1.29 is 9.84 Å². The minimum atomic E-state index is 0.199. The summed E-state index contributed by atoms with van der Waals surface area (Å²) in [5.74, 6) is 0. The van der Waals surface area contributed by atoms with Crippen LogP contribution in [0.2, 0.25) is 0 Å². The SMILES string of the molecule is CC1(C)CCCC2=C1C(CCO)OC2. The first-order chi connectivity index (χ1) is 6.65. The van der Waals surface area contributed by atoms with Crippen LogP contribution in [0.25, 0.3) is 0 Å². The monoisotopic (exact) mass is 196 g/mol. The normalized spacial score (nSPS) is 30.6. The van der Waals surface area contributed by atoms with Crippen LogP contribution in [0.1, 0.15) is 39.5 Å². The van der Waals surface area contributed by atoms with Crippen molar-refractivity contribution >= 4 is 0 Å². The molecule has 1 atom stereocenters. The topological polar surface area (TPSA) is 29.5 Å². The molecule has 0 saturated heterocycles. The van der Waals surface area contributed by atoms with E-state index in [1.165, 1.54) is 30.4 Å². The predicted molar refractivity (Wildman–Crippen MR) is 56.1 cm³/mol. The van der Waals surface area contributed by atoms with Crippen molar-refractivity contribution in [3.8, 4) is 0 Å². The maximum atomic E-state index is 8.98. The van der Waals surface area contributed by atoms with Gasteiger partial charge in [-0.2, -0.15) is 0 Å². The lowest BCUT2D eigenvalue weighted by Gasteiger charge is -2.34. The first-order valence-electron chi connectivity index (χ1n) is 5.60. The lowest BCUT2D eigenvalue weighted by Crippen LogP contribution is -2.26. The van der Waals surface area contributed by atoms with Gasteiger partial charge in [0.15, 0.2) is 0 Å².